The molecule has 1 aromatic rings. The van der Waals surface area contributed by atoms with Gasteiger partial charge in [-0.15, -0.1) is 0 Å². The minimum atomic E-state index is 0.514. The highest BCUT2D eigenvalue weighted by atomic mass is 15.3. The first kappa shape index (κ1) is 12.4. The van der Waals surface area contributed by atoms with Crippen molar-refractivity contribution in [3.63, 3.8) is 0 Å². The second-order valence-corrected chi connectivity index (χ2v) is 4.53. The molecule has 4 heteroatoms. The van der Waals surface area contributed by atoms with Crippen molar-refractivity contribution in [2.45, 2.75) is 6.92 Å². The second kappa shape index (κ2) is 5.53. The van der Waals surface area contributed by atoms with Gasteiger partial charge < -0.3 is 4.90 Å². The lowest BCUT2D eigenvalue weighted by Crippen LogP contribution is -2.46. The largest absolute Gasteiger partial charge is 0.369 e. The summed E-state index contributed by atoms with van der Waals surface area (Å²) < 4.78 is 0. The monoisotopic (exact) mass is 240 g/mol. The molecule has 2 rings (SSSR count). The van der Waals surface area contributed by atoms with E-state index in [9.17, 15) is 0 Å². The molecule has 1 fully saturated rings. The summed E-state index contributed by atoms with van der Waals surface area (Å²) >= 11 is 0. The molecule has 92 valence electrons. The van der Waals surface area contributed by atoms with E-state index in [-0.39, 0.29) is 0 Å². The van der Waals surface area contributed by atoms with Gasteiger partial charge in [-0.3, -0.25) is 4.90 Å². The summed E-state index contributed by atoms with van der Waals surface area (Å²) in [6.07, 6.45) is 0. The van der Waals surface area contributed by atoms with Gasteiger partial charge in [0, 0.05) is 31.9 Å². The number of hydrogen-bond acceptors (Lipinski definition) is 4. The molecule has 0 N–H and O–H groups in total. The van der Waals surface area contributed by atoms with Crippen molar-refractivity contribution >= 4 is 5.69 Å². The number of aryl methyl sites for hydroxylation is 1. The van der Waals surface area contributed by atoms with E-state index in [0.29, 0.717) is 12.1 Å². The molecule has 0 aliphatic carbocycles. The van der Waals surface area contributed by atoms with E-state index in [4.69, 9.17) is 10.5 Å². The van der Waals surface area contributed by atoms with Crippen molar-refractivity contribution in [1.29, 1.82) is 10.5 Å². The molecule has 0 atom stereocenters. The van der Waals surface area contributed by atoms with Crippen LogP contribution in [0.4, 0.5) is 5.69 Å². The van der Waals surface area contributed by atoms with Crippen LogP contribution in [0.25, 0.3) is 0 Å². The number of benzene rings is 1. The van der Waals surface area contributed by atoms with Crippen molar-refractivity contribution in [2.75, 3.05) is 37.6 Å². The second-order valence-electron chi connectivity index (χ2n) is 4.53. The van der Waals surface area contributed by atoms with Crippen molar-refractivity contribution in [3.05, 3.63) is 29.3 Å². The first-order chi connectivity index (χ1) is 8.74. The smallest absolute Gasteiger partial charge is 0.0991 e. The Morgan fingerprint density at radius 3 is 2.44 bits per heavy atom. The van der Waals surface area contributed by atoms with Gasteiger partial charge in [-0.25, -0.2) is 0 Å². The summed E-state index contributed by atoms with van der Waals surface area (Å²) in [5, 5.41) is 17.5. The standard InChI is InChI=1S/C14H16N4/c1-12-10-13(11-16)2-3-14(12)18-8-6-17(5-4-15)7-9-18/h2-3,10H,5-9H2,1H3. The summed E-state index contributed by atoms with van der Waals surface area (Å²) in [4.78, 5) is 4.49. The van der Waals surface area contributed by atoms with Crippen LogP contribution in [-0.4, -0.2) is 37.6 Å². The third-order valence-corrected chi connectivity index (χ3v) is 3.33. The van der Waals surface area contributed by atoms with Crippen molar-refractivity contribution in [2.24, 2.45) is 0 Å². The van der Waals surface area contributed by atoms with Gasteiger partial charge in [-0.1, -0.05) is 0 Å². The Morgan fingerprint density at radius 2 is 1.89 bits per heavy atom. The fraction of sp³-hybridized carbons (Fsp3) is 0.429. The zero-order valence-electron chi connectivity index (χ0n) is 10.6. The van der Waals surface area contributed by atoms with Crippen molar-refractivity contribution in [1.82, 2.24) is 4.90 Å². The predicted molar refractivity (Wildman–Crippen MR) is 70.2 cm³/mol. The Labute approximate surface area is 108 Å². The average molecular weight is 240 g/mol. The quantitative estimate of drug-likeness (QED) is 0.735. The molecule has 1 aliphatic heterocycles. The third-order valence-electron chi connectivity index (χ3n) is 3.33. The zero-order valence-corrected chi connectivity index (χ0v) is 10.6. The van der Waals surface area contributed by atoms with Crippen LogP contribution >= 0.6 is 0 Å². The normalized spacial score (nSPS) is 16.1. The van der Waals surface area contributed by atoms with E-state index >= 15 is 0 Å². The molecule has 18 heavy (non-hydrogen) atoms. The minimum Gasteiger partial charge on any atom is -0.369 e. The van der Waals surface area contributed by atoms with Gasteiger partial charge in [-0.2, -0.15) is 10.5 Å². The summed E-state index contributed by atoms with van der Waals surface area (Å²) in [6, 6.07) is 10.2. The molecular formula is C14H16N4. The van der Waals surface area contributed by atoms with Crippen LogP contribution in [0.3, 0.4) is 0 Å². The Balaban J connectivity index is 2.06. The first-order valence-corrected chi connectivity index (χ1v) is 6.09. The Bertz CT molecular complexity index is 502. The maximum atomic E-state index is 8.86. The third kappa shape index (κ3) is 2.61. The van der Waals surface area contributed by atoms with Crippen molar-refractivity contribution < 1.29 is 0 Å². The molecule has 0 bridgehead atoms. The van der Waals surface area contributed by atoms with Crippen LogP contribution in [0.1, 0.15) is 11.1 Å². The van der Waals surface area contributed by atoms with Gasteiger partial charge in [0.2, 0.25) is 0 Å². The van der Waals surface area contributed by atoms with Crippen LogP contribution in [-0.2, 0) is 0 Å². The van der Waals surface area contributed by atoms with Crippen LogP contribution < -0.4 is 4.90 Å². The lowest BCUT2D eigenvalue weighted by molar-refractivity contribution is 0.287. The fourth-order valence-electron chi connectivity index (χ4n) is 2.33. The fourth-order valence-corrected chi connectivity index (χ4v) is 2.33. The molecule has 1 aromatic carbocycles. The Morgan fingerprint density at radius 1 is 1.17 bits per heavy atom. The molecule has 0 aromatic heterocycles. The van der Waals surface area contributed by atoms with Crippen LogP contribution in [0.2, 0.25) is 0 Å². The van der Waals surface area contributed by atoms with Gasteiger partial charge in [0.25, 0.3) is 0 Å². The van der Waals surface area contributed by atoms with E-state index in [1.165, 1.54) is 5.69 Å². The van der Waals surface area contributed by atoms with Gasteiger partial charge in [0.05, 0.1) is 24.2 Å². The molecule has 0 saturated carbocycles. The summed E-state index contributed by atoms with van der Waals surface area (Å²) in [5.74, 6) is 0. The molecule has 0 spiro atoms. The van der Waals surface area contributed by atoms with Crippen molar-refractivity contribution in [3.8, 4) is 12.1 Å². The molecule has 0 radical (unpaired) electrons. The lowest BCUT2D eigenvalue weighted by Gasteiger charge is -2.35. The van der Waals surface area contributed by atoms with E-state index in [1.54, 1.807) is 0 Å². The lowest BCUT2D eigenvalue weighted by atomic mass is 10.1. The average Bonchev–Trinajstić information content (AvgIpc) is 2.40. The number of anilines is 1. The summed E-state index contributed by atoms with van der Waals surface area (Å²) in [7, 11) is 0. The molecular weight excluding hydrogens is 224 g/mol. The molecule has 4 nitrogen and oxygen atoms in total. The Hall–Kier alpha value is -2.04. The zero-order chi connectivity index (χ0) is 13.0. The number of nitrogens with zero attached hydrogens (tertiary/aromatic N) is 4. The van der Waals surface area contributed by atoms with Gasteiger partial charge in [0.1, 0.15) is 0 Å². The van der Waals surface area contributed by atoms with Gasteiger partial charge >= 0.3 is 0 Å². The maximum absolute atomic E-state index is 8.86. The predicted octanol–water partition coefficient (Wildman–Crippen LogP) is 1.51. The SMILES string of the molecule is Cc1cc(C#N)ccc1N1CCN(CC#N)CC1. The number of rotatable bonds is 2. The van der Waals surface area contributed by atoms with E-state index in [0.717, 1.165) is 31.7 Å². The molecule has 1 saturated heterocycles. The van der Waals surface area contributed by atoms with E-state index < -0.39 is 0 Å². The molecule has 0 unspecified atom stereocenters. The Kier molecular flexibility index (Phi) is 3.82. The summed E-state index contributed by atoms with van der Waals surface area (Å²) in [5.41, 5.74) is 3.05. The maximum Gasteiger partial charge on any atom is 0.0991 e. The molecule has 1 aliphatic rings. The van der Waals surface area contributed by atoms with Crippen LogP contribution in [0.15, 0.2) is 18.2 Å². The highest BCUT2D eigenvalue weighted by molar-refractivity contribution is 5.56. The number of hydrogen-bond donors (Lipinski definition) is 0. The number of piperazine rings is 1. The van der Waals surface area contributed by atoms with Crippen LogP contribution in [0, 0.1) is 29.6 Å². The first-order valence-electron chi connectivity index (χ1n) is 6.09. The van der Waals surface area contributed by atoms with Gasteiger partial charge in [0.15, 0.2) is 0 Å². The number of nitriles is 2. The highest BCUT2D eigenvalue weighted by Gasteiger charge is 2.17. The molecule has 1 heterocycles. The van der Waals surface area contributed by atoms with Gasteiger partial charge in [-0.05, 0) is 30.7 Å². The van der Waals surface area contributed by atoms with E-state index in [2.05, 4.69) is 21.9 Å². The topological polar surface area (TPSA) is 54.1 Å². The molecule has 0 amide bonds. The minimum absolute atomic E-state index is 0.514. The summed E-state index contributed by atoms with van der Waals surface area (Å²) in [6.45, 7) is 6.28. The van der Waals surface area contributed by atoms with E-state index in [1.807, 2.05) is 25.1 Å². The highest BCUT2D eigenvalue weighted by Crippen LogP contribution is 2.22. The van der Waals surface area contributed by atoms with Crippen LogP contribution in [0.5, 0.6) is 0 Å².